The molecule has 2 rings (SSSR count). The zero-order chi connectivity index (χ0) is 14.4. The summed E-state index contributed by atoms with van der Waals surface area (Å²) in [6, 6.07) is 9.91. The highest BCUT2D eigenvalue weighted by Crippen LogP contribution is 2.17. The molecule has 0 unspecified atom stereocenters. The fourth-order valence-electron chi connectivity index (χ4n) is 1.75. The second kappa shape index (κ2) is 6.72. The van der Waals surface area contributed by atoms with Crippen LogP contribution in [0.2, 0.25) is 0 Å². The van der Waals surface area contributed by atoms with Gasteiger partial charge in [0, 0.05) is 18.7 Å². The second-order valence-corrected chi connectivity index (χ2v) is 4.29. The van der Waals surface area contributed by atoms with Crippen LogP contribution in [0.1, 0.15) is 18.7 Å². The Kier molecular flexibility index (Phi) is 4.73. The van der Waals surface area contributed by atoms with E-state index in [1.165, 1.54) is 12.1 Å². The van der Waals surface area contributed by atoms with Crippen molar-refractivity contribution in [2.24, 2.45) is 0 Å². The molecule has 0 fully saturated rings. The Balaban J connectivity index is 1.72. The first kappa shape index (κ1) is 14.1. The summed E-state index contributed by atoms with van der Waals surface area (Å²) in [5.41, 5.74) is 0.0573. The van der Waals surface area contributed by atoms with Crippen molar-refractivity contribution >= 4 is 5.69 Å². The largest absolute Gasteiger partial charge is 0.492 e. The summed E-state index contributed by atoms with van der Waals surface area (Å²) in [6.45, 7) is 3.13. The molecule has 0 aliphatic heterocycles. The first-order valence-corrected chi connectivity index (χ1v) is 6.31. The van der Waals surface area contributed by atoms with Crippen molar-refractivity contribution < 1.29 is 14.1 Å². The first-order valence-electron chi connectivity index (χ1n) is 6.31. The van der Waals surface area contributed by atoms with Crippen LogP contribution in [0.3, 0.4) is 0 Å². The SMILES string of the molecule is C[C@@H](NCCOc1ccc([N+](=O)[O-])cc1)c1ccco1. The van der Waals surface area contributed by atoms with Crippen LogP contribution in [0.5, 0.6) is 5.75 Å². The van der Waals surface area contributed by atoms with Crippen molar-refractivity contribution in [3.8, 4) is 5.75 Å². The third-order valence-electron chi connectivity index (χ3n) is 2.84. The molecule has 1 atom stereocenters. The van der Waals surface area contributed by atoms with Gasteiger partial charge in [0.05, 0.1) is 17.2 Å². The van der Waals surface area contributed by atoms with Crippen LogP contribution < -0.4 is 10.1 Å². The number of nitro groups is 1. The molecular formula is C14H16N2O4. The van der Waals surface area contributed by atoms with Gasteiger partial charge in [-0.05, 0) is 31.2 Å². The van der Waals surface area contributed by atoms with E-state index in [0.717, 1.165) is 5.76 Å². The van der Waals surface area contributed by atoms with E-state index in [2.05, 4.69) is 5.32 Å². The molecule has 1 aromatic carbocycles. The van der Waals surface area contributed by atoms with E-state index >= 15 is 0 Å². The third kappa shape index (κ3) is 3.83. The number of ether oxygens (including phenoxy) is 1. The molecule has 20 heavy (non-hydrogen) atoms. The Morgan fingerprint density at radius 1 is 1.35 bits per heavy atom. The smallest absolute Gasteiger partial charge is 0.269 e. The van der Waals surface area contributed by atoms with Crippen LogP contribution >= 0.6 is 0 Å². The highest BCUT2D eigenvalue weighted by Gasteiger charge is 2.07. The van der Waals surface area contributed by atoms with Crippen molar-refractivity contribution in [1.82, 2.24) is 5.32 Å². The number of nitro benzene ring substituents is 1. The molecule has 6 heteroatoms. The molecule has 0 saturated carbocycles. The van der Waals surface area contributed by atoms with Crippen molar-refractivity contribution in [2.75, 3.05) is 13.2 Å². The lowest BCUT2D eigenvalue weighted by Gasteiger charge is -2.11. The average Bonchev–Trinajstić information content (AvgIpc) is 2.98. The minimum atomic E-state index is -0.434. The summed E-state index contributed by atoms with van der Waals surface area (Å²) < 4.78 is 10.8. The summed E-state index contributed by atoms with van der Waals surface area (Å²) in [5.74, 6) is 1.49. The third-order valence-corrected chi connectivity index (χ3v) is 2.84. The van der Waals surface area contributed by atoms with E-state index in [1.54, 1.807) is 18.4 Å². The molecule has 2 aromatic rings. The van der Waals surface area contributed by atoms with Gasteiger partial charge in [-0.2, -0.15) is 0 Å². The van der Waals surface area contributed by atoms with Crippen LogP contribution in [0.4, 0.5) is 5.69 Å². The fourth-order valence-corrected chi connectivity index (χ4v) is 1.75. The number of nitrogens with zero attached hydrogens (tertiary/aromatic N) is 1. The molecule has 0 aliphatic rings. The minimum absolute atomic E-state index is 0.0573. The monoisotopic (exact) mass is 276 g/mol. The van der Waals surface area contributed by atoms with Gasteiger partial charge < -0.3 is 14.5 Å². The number of non-ortho nitro benzene ring substituents is 1. The van der Waals surface area contributed by atoms with Gasteiger partial charge in [-0.3, -0.25) is 10.1 Å². The molecule has 0 aliphatic carbocycles. The summed E-state index contributed by atoms with van der Waals surface area (Å²) in [4.78, 5) is 10.1. The van der Waals surface area contributed by atoms with Gasteiger partial charge >= 0.3 is 0 Å². The zero-order valence-electron chi connectivity index (χ0n) is 11.1. The lowest BCUT2D eigenvalue weighted by Crippen LogP contribution is -2.24. The van der Waals surface area contributed by atoms with E-state index in [4.69, 9.17) is 9.15 Å². The van der Waals surface area contributed by atoms with Crippen molar-refractivity contribution in [3.05, 3.63) is 58.5 Å². The molecule has 0 saturated heterocycles. The van der Waals surface area contributed by atoms with E-state index < -0.39 is 4.92 Å². The average molecular weight is 276 g/mol. The van der Waals surface area contributed by atoms with Crippen LogP contribution in [0.15, 0.2) is 47.1 Å². The molecule has 106 valence electrons. The van der Waals surface area contributed by atoms with Gasteiger partial charge in [0.15, 0.2) is 0 Å². The molecule has 1 N–H and O–H groups in total. The van der Waals surface area contributed by atoms with Gasteiger partial charge in [0.1, 0.15) is 18.1 Å². The number of nitrogens with one attached hydrogen (secondary N) is 1. The van der Waals surface area contributed by atoms with E-state index in [1.807, 2.05) is 19.1 Å². The van der Waals surface area contributed by atoms with Gasteiger partial charge in [-0.15, -0.1) is 0 Å². The first-order chi connectivity index (χ1) is 9.66. The number of benzene rings is 1. The van der Waals surface area contributed by atoms with Crippen LogP contribution in [0.25, 0.3) is 0 Å². The van der Waals surface area contributed by atoms with E-state index in [9.17, 15) is 10.1 Å². The summed E-state index contributed by atoms with van der Waals surface area (Å²) >= 11 is 0. The number of furan rings is 1. The Hall–Kier alpha value is -2.34. The Morgan fingerprint density at radius 3 is 2.70 bits per heavy atom. The predicted octanol–water partition coefficient (Wildman–Crippen LogP) is 2.92. The Labute approximate surface area is 116 Å². The summed E-state index contributed by atoms with van der Waals surface area (Å²) in [6.07, 6.45) is 1.64. The molecule has 1 aromatic heterocycles. The van der Waals surface area contributed by atoms with Crippen LogP contribution in [0, 0.1) is 10.1 Å². The molecule has 0 radical (unpaired) electrons. The summed E-state index contributed by atoms with van der Waals surface area (Å²) in [7, 11) is 0. The zero-order valence-corrected chi connectivity index (χ0v) is 11.1. The topological polar surface area (TPSA) is 77.5 Å². The highest BCUT2D eigenvalue weighted by molar-refractivity contribution is 5.35. The summed E-state index contributed by atoms with van der Waals surface area (Å²) in [5, 5.41) is 13.8. The van der Waals surface area contributed by atoms with Crippen molar-refractivity contribution in [3.63, 3.8) is 0 Å². The highest BCUT2D eigenvalue weighted by atomic mass is 16.6. The van der Waals surface area contributed by atoms with E-state index in [0.29, 0.717) is 18.9 Å². The Morgan fingerprint density at radius 2 is 2.10 bits per heavy atom. The second-order valence-electron chi connectivity index (χ2n) is 4.29. The molecule has 0 bridgehead atoms. The maximum absolute atomic E-state index is 10.5. The van der Waals surface area contributed by atoms with Gasteiger partial charge in [-0.25, -0.2) is 0 Å². The molecular weight excluding hydrogens is 260 g/mol. The van der Waals surface area contributed by atoms with Crippen molar-refractivity contribution in [2.45, 2.75) is 13.0 Å². The molecule has 0 spiro atoms. The predicted molar refractivity (Wildman–Crippen MR) is 73.7 cm³/mol. The number of hydrogen-bond donors (Lipinski definition) is 1. The van der Waals surface area contributed by atoms with E-state index in [-0.39, 0.29) is 11.7 Å². The molecule has 0 amide bonds. The van der Waals surface area contributed by atoms with Crippen molar-refractivity contribution in [1.29, 1.82) is 0 Å². The molecule has 6 nitrogen and oxygen atoms in total. The fraction of sp³-hybridized carbons (Fsp3) is 0.286. The lowest BCUT2D eigenvalue weighted by atomic mass is 10.2. The maximum Gasteiger partial charge on any atom is 0.269 e. The van der Waals surface area contributed by atoms with Gasteiger partial charge in [0.25, 0.3) is 5.69 Å². The van der Waals surface area contributed by atoms with Gasteiger partial charge in [-0.1, -0.05) is 0 Å². The number of hydrogen-bond acceptors (Lipinski definition) is 5. The standard InChI is InChI=1S/C14H16N2O4/c1-11(14-3-2-9-20-14)15-8-10-19-13-6-4-12(5-7-13)16(17)18/h2-7,9,11,15H,8,10H2,1H3/t11-/m1/s1. The van der Waals surface area contributed by atoms with Crippen LogP contribution in [-0.2, 0) is 0 Å². The Bertz CT molecular complexity index is 537. The lowest BCUT2D eigenvalue weighted by molar-refractivity contribution is -0.384. The number of rotatable bonds is 7. The normalized spacial score (nSPS) is 12.1. The maximum atomic E-state index is 10.5. The minimum Gasteiger partial charge on any atom is -0.492 e. The quantitative estimate of drug-likeness (QED) is 0.478. The van der Waals surface area contributed by atoms with Gasteiger partial charge in [0.2, 0.25) is 0 Å². The van der Waals surface area contributed by atoms with Crippen LogP contribution in [-0.4, -0.2) is 18.1 Å². The molecule has 1 heterocycles.